The molecule has 0 aliphatic carbocycles. The Morgan fingerprint density at radius 1 is 1.31 bits per heavy atom. The first-order valence-electron chi connectivity index (χ1n) is 8.87. The van der Waals surface area contributed by atoms with Gasteiger partial charge in [-0.15, -0.1) is 0 Å². The predicted octanol–water partition coefficient (Wildman–Crippen LogP) is 2.09. The normalized spacial score (nSPS) is 16.6. The van der Waals surface area contributed by atoms with Crippen molar-refractivity contribution < 1.29 is 14.1 Å². The van der Waals surface area contributed by atoms with Crippen LogP contribution in [0.4, 0.5) is 0 Å². The number of H-pyrrole nitrogens is 1. The van der Waals surface area contributed by atoms with Gasteiger partial charge < -0.3 is 19.6 Å². The van der Waals surface area contributed by atoms with E-state index < -0.39 is 6.04 Å². The summed E-state index contributed by atoms with van der Waals surface area (Å²) in [7, 11) is 0. The van der Waals surface area contributed by atoms with E-state index in [0.29, 0.717) is 36.2 Å². The van der Waals surface area contributed by atoms with Crippen LogP contribution in [-0.4, -0.2) is 34.2 Å². The summed E-state index contributed by atoms with van der Waals surface area (Å²) in [6.45, 7) is 6.96. The molecule has 1 amide bonds. The molecule has 1 aliphatic heterocycles. The second-order valence-electron chi connectivity index (χ2n) is 6.96. The number of amides is 1. The number of nitrogens with one attached hydrogen (secondary N) is 2. The van der Waals surface area contributed by atoms with Gasteiger partial charge in [-0.05, 0) is 31.7 Å². The zero-order chi connectivity index (χ0) is 18.7. The van der Waals surface area contributed by atoms with E-state index in [0.717, 1.165) is 12.8 Å². The highest BCUT2D eigenvalue weighted by atomic mass is 16.5. The summed E-state index contributed by atoms with van der Waals surface area (Å²) >= 11 is 0. The van der Waals surface area contributed by atoms with E-state index in [4.69, 9.17) is 9.26 Å². The fourth-order valence-electron chi connectivity index (χ4n) is 3.08. The minimum absolute atomic E-state index is 0.133. The predicted molar refractivity (Wildman–Crippen MR) is 93.9 cm³/mol. The van der Waals surface area contributed by atoms with Crippen molar-refractivity contribution in [1.29, 1.82) is 0 Å². The fourth-order valence-corrected chi connectivity index (χ4v) is 3.08. The Labute approximate surface area is 151 Å². The van der Waals surface area contributed by atoms with Crippen molar-refractivity contribution in [3.05, 3.63) is 45.5 Å². The lowest BCUT2D eigenvalue weighted by Gasteiger charge is -2.28. The second-order valence-corrected chi connectivity index (χ2v) is 6.96. The average Bonchev–Trinajstić information content (AvgIpc) is 3.09. The SMILES string of the molecule is Cc1cc(C(=O)NC(c2nc(C(C)C)no2)C2CCOCC2)cc(=O)[nH]1. The van der Waals surface area contributed by atoms with Gasteiger partial charge in [0.05, 0.1) is 0 Å². The summed E-state index contributed by atoms with van der Waals surface area (Å²) in [4.78, 5) is 31.5. The molecule has 1 unspecified atom stereocenters. The molecular formula is C18H24N4O4. The molecule has 2 aromatic heterocycles. The first-order chi connectivity index (χ1) is 12.4. The minimum Gasteiger partial charge on any atom is -0.381 e. The Morgan fingerprint density at radius 2 is 2.04 bits per heavy atom. The number of carbonyl (C=O) groups excluding carboxylic acids is 1. The van der Waals surface area contributed by atoms with Crippen LogP contribution in [0.1, 0.15) is 66.4 Å². The summed E-state index contributed by atoms with van der Waals surface area (Å²) in [5.74, 6) is 0.943. The van der Waals surface area contributed by atoms with Crippen LogP contribution in [0.25, 0.3) is 0 Å². The van der Waals surface area contributed by atoms with Crippen molar-refractivity contribution in [1.82, 2.24) is 20.4 Å². The van der Waals surface area contributed by atoms with Gasteiger partial charge in [0.2, 0.25) is 11.4 Å². The zero-order valence-electron chi connectivity index (χ0n) is 15.2. The summed E-state index contributed by atoms with van der Waals surface area (Å²) in [5.41, 5.74) is 0.634. The van der Waals surface area contributed by atoms with E-state index in [1.807, 2.05) is 13.8 Å². The Hall–Kier alpha value is -2.48. The molecule has 0 bridgehead atoms. The van der Waals surface area contributed by atoms with Crippen molar-refractivity contribution >= 4 is 5.91 Å². The molecule has 0 radical (unpaired) electrons. The van der Waals surface area contributed by atoms with Crippen LogP contribution in [0.3, 0.4) is 0 Å². The number of hydrogen-bond acceptors (Lipinski definition) is 6. The van der Waals surface area contributed by atoms with Crippen molar-refractivity contribution in [3.63, 3.8) is 0 Å². The first-order valence-corrected chi connectivity index (χ1v) is 8.87. The number of aromatic amines is 1. The Bertz CT molecular complexity index is 821. The largest absolute Gasteiger partial charge is 0.381 e. The maximum Gasteiger partial charge on any atom is 0.252 e. The molecule has 140 valence electrons. The van der Waals surface area contributed by atoms with Gasteiger partial charge in [0.1, 0.15) is 6.04 Å². The van der Waals surface area contributed by atoms with Crippen LogP contribution in [-0.2, 0) is 4.74 Å². The molecule has 1 atom stereocenters. The number of aryl methyl sites for hydroxylation is 1. The van der Waals surface area contributed by atoms with Crippen LogP contribution in [0.15, 0.2) is 21.5 Å². The van der Waals surface area contributed by atoms with Gasteiger partial charge in [-0.3, -0.25) is 9.59 Å². The lowest BCUT2D eigenvalue weighted by atomic mass is 9.91. The number of carbonyl (C=O) groups is 1. The molecule has 8 heteroatoms. The quantitative estimate of drug-likeness (QED) is 0.845. The summed E-state index contributed by atoms with van der Waals surface area (Å²) in [6.07, 6.45) is 1.58. The van der Waals surface area contributed by atoms with Crippen molar-refractivity contribution in [2.45, 2.75) is 45.6 Å². The highest BCUT2D eigenvalue weighted by Crippen LogP contribution is 2.30. The van der Waals surface area contributed by atoms with Crippen LogP contribution in [0.2, 0.25) is 0 Å². The maximum absolute atomic E-state index is 12.7. The minimum atomic E-state index is -0.411. The lowest BCUT2D eigenvalue weighted by molar-refractivity contribution is 0.0467. The van der Waals surface area contributed by atoms with Crippen molar-refractivity contribution in [3.8, 4) is 0 Å². The van der Waals surface area contributed by atoms with Crippen LogP contribution >= 0.6 is 0 Å². The molecule has 1 saturated heterocycles. The summed E-state index contributed by atoms with van der Waals surface area (Å²) in [5, 5.41) is 7.00. The second kappa shape index (κ2) is 7.82. The molecule has 3 rings (SSSR count). The van der Waals surface area contributed by atoms with E-state index >= 15 is 0 Å². The Balaban J connectivity index is 1.86. The van der Waals surface area contributed by atoms with E-state index in [1.54, 1.807) is 13.0 Å². The molecule has 1 aliphatic rings. The molecule has 0 spiro atoms. The third kappa shape index (κ3) is 4.19. The van der Waals surface area contributed by atoms with Gasteiger partial charge in [0.15, 0.2) is 5.82 Å². The van der Waals surface area contributed by atoms with Crippen molar-refractivity contribution in [2.75, 3.05) is 13.2 Å². The van der Waals surface area contributed by atoms with Crippen molar-refractivity contribution in [2.24, 2.45) is 5.92 Å². The first kappa shape index (κ1) is 18.3. The number of pyridine rings is 1. The van der Waals surface area contributed by atoms with E-state index in [2.05, 4.69) is 20.4 Å². The molecule has 26 heavy (non-hydrogen) atoms. The topological polar surface area (TPSA) is 110 Å². The molecular weight excluding hydrogens is 336 g/mol. The van der Waals surface area contributed by atoms with Crippen LogP contribution in [0, 0.1) is 12.8 Å². The Kier molecular flexibility index (Phi) is 5.51. The van der Waals surface area contributed by atoms with Gasteiger partial charge in [-0.1, -0.05) is 19.0 Å². The third-order valence-corrected chi connectivity index (χ3v) is 4.51. The molecule has 1 fully saturated rings. The van der Waals surface area contributed by atoms with E-state index in [9.17, 15) is 9.59 Å². The molecule has 2 aromatic rings. The molecule has 2 N–H and O–H groups in total. The van der Waals surface area contributed by atoms with Gasteiger partial charge in [0.25, 0.3) is 5.91 Å². The number of aromatic nitrogens is 3. The van der Waals surface area contributed by atoms with E-state index in [1.165, 1.54) is 6.07 Å². The van der Waals surface area contributed by atoms with Gasteiger partial charge in [0, 0.05) is 36.5 Å². The molecule has 8 nitrogen and oxygen atoms in total. The maximum atomic E-state index is 12.7. The number of rotatable bonds is 5. The number of hydrogen-bond donors (Lipinski definition) is 2. The molecule has 0 aromatic carbocycles. The van der Waals surface area contributed by atoms with Crippen LogP contribution in [0.5, 0.6) is 0 Å². The van der Waals surface area contributed by atoms with Gasteiger partial charge in [-0.25, -0.2) is 0 Å². The molecule has 0 saturated carbocycles. The standard InChI is InChI=1S/C18H24N4O4/c1-10(2)16-21-18(26-22-16)15(12-4-6-25-7-5-12)20-17(24)13-8-11(3)19-14(23)9-13/h8-10,12,15H,4-7H2,1-3H3,(H,19,23)(H,20,24). The van der Waals surface area contributed by atoms with Gasteiger partial charge >= 0.3 is 0 Å². The molecule has 3 heterocycles. The summed E-state index contributed by atoms with van der Waals surface area (Å²) < 4.78 is 10.9. The lowest BCUT2D eigenvalue weighted by Crippen LogP contribution is -2.36. The monoisotopic (exact) mass is 360 g/mol. The number of ether oxygens (including phenoxy) is 1. The highest BCUT2D eigenvalue weighted by Gasteiger charge is 2.32. The zero-order valence-corrected chi connectivity index (χ0v) is 15.2. The van der Waals surface area contributed by atoms with Crippen LogP contribution < -0.4 is 10.9 Å². The van der Waals surface area contributed by atoms with Gasteiger partial charge in [-0.2, -0.15) is 4.98 Å². The average molecular weight is 360 g/mol. The highest BCUT2D eigenvalue weighted by molar-refractivity contribution is 5.94. The summed E-state index contributed by atoms with van der Waals surface area (Å²) in [6, 6.07) is 2.52. The third-order valence-electron chi connectivity index (χ3n) is 4.51. The fraction of sp³-hybridized carbons (Fsp3) is 0.556. The Morgan fingerprint density at radius 3 is 2.65 bits per heavy atom. The van der Waals surface area contributed by atoms with E-state index in [-0.39, 0.29) is 23.3 Å². The smallest absolute Gasteiger partial charge is 0.252 e. The number of nitrogens with zero attached hydrogens (tertiary/aromatic N) is 2.